The lowest BCUT2D eigenvalue weighted by atomic mass is 10.0. The first-order valence-corrected chi connectivity index (χ1v) is 12.1. The molecule has 32 heavy (non-hydrogen) atoms. The van der Waals surface area contributed by atoms with Gasteiger partial charge in [0.05, 0.1) is 6.61 Å². The van der Waals surface area contributed by atoms with Crippen LogP contribution in [0.2, 0.25) is 0 Å². The van der Waals surface area contributed by atoms with Crippen LogP contribution in [-0.2, 0) is 11.2 Å². The molecule has 3 heteroatoms. The van der Waals surface area contributed by atoms with Crippen molar-refractivity contribution in [3.63, 3.8) is 0 Å². The molecule has 2 heterocycles. The highest BCUT2D eigenvalue weighted by atomic mass is 16.5. The van der Waals surface area contributed by atoms with Gasteiger partial charge in [0.15, 0.2) is 0 Å². The number of aryl methyl sites for hydroxylation is 1. The molecule has 0 amide bonds. The van der Waals surface area contributed by atoms with Crippen LogP contribution < -0.4 is 0 Å². The Balaban J connectivity index is 1.09. The van der Waals surface area contributed by atoms with Gasteiger partial charge >= 0.3 is 0 Å². The van der Waals surface area contributed by atoms with Crippen molar-refractivity contribution >= 4 is 0 Å². The second-order valence-electron chi connectivity index (χ2n) is 9.19. The quantitative estimate of drug-likeness (QED) is 0.444. The van der Waals surface area contributed by atoms with E-state index in [0.717, 1.165) is 19.2 Å². The maximum atomic E-state index is 6.47. The number of nitrogens with zero attached hydrogens (tertiary/aromatic N) is 2. The van der Waals surface area contributed by atoms with E-state index in [9.17, 15) is 0 Å². The largest absolute Gasteiger partial charge is 0.367 e. The highest BCUT2D eigenvalue weighted by molar-refractivity contribution is 5.29. The zero-order chi connectivity index (χ0) is 21.6. The third-order valence-corrected chi connectivity index (χ3v) is 7.09. The molecule has 3 aromatic carbocycles. The van der Waals surface area contributed by atoms with Crippen LogP contribution in [0.25, 0.3) is 0 Å². The number of likely N-dealkylation sites (tertiary alicyclic amines) is 2. The van der Waals surface area contributed by atoms with Crippen LogP contribution in [0.1, 0.15) is 35.6 Å². The maximum absolute atomic E-state index is 6.47. The normalized spacial score (nSPS) is 20.9. The van der Waals surface area contributed by atoms with Crippen molar-refractivity contribution in [1.82, 2.24) is 9.80 Å². The monoisotopic (exact) mass is 426 g/mol. The first kappa shape index (κ1) is 21.4. The minimum absolute atomic E-state index is 0.00618. The molecule has 2 aliphatic heterocycles. The van der Waals surface area contributed by atoms with Gasteiger partial charge in [0.1, 0.15) is 6.10 Å². The number of piperazine rings is 1. The lowest BCUT2D eigenvalue weighted by Gasteiger charge is -2.34. The molecule has 2 atom stereocenters. The zero-order valence-electron chi connectivity index (χ0n) is 18.9. The SMILES string of the molecule is c1ccc(CCCN2C[C@@H]3C[C@H]2CN3CCOC(c2ccccc2)c2ccccc2)cc1. The summed E-state index contributed by atoms with van der Waals surface area (Å²) in [4.78, 5) is 5.38. The van der Waals surface area contributed by atoms with Crippen molar-refractivity contribution in [2.24, 2.45) is 0 Å². The molecule has 3 aromatic rings. The summed E-state index contributed by atoms with van der Waals surface area (Å²) in [5.41, 5.74) is 3.92. The van der Waals surface area contributed by atoms with Crippen molar-refractivity contribution in [3.8, 4) is 0 Å². The predicted octanol–water partition coefficient (Wildman–Crippen LogP) is 5.18. The number of hydrogen-bond acceptors (Lipinski definition) is 3. The number of hydrogen-bond donors (Lipinski definition) is 0. The van der Waals surface area contributed by atoms with Crippen LogP contribution in [0.5, 0.6) is 0 Å². The van der Waals surface area contributed by atoms with Gasteiger partial charge in [-0.15, -0.1) is 0 Å². The molecule has 2 saturated heterocycles. The van der Waals surface area contributed by atoms with E-state index in [1.807, 2.05) is 0 Å². The molecule has 2 fully saturated rings. The van der Waals surface area contributed by atoms with E-state index in [4.69, 9.17) is 4.74 Å². The van der Waals surface area contributed by atoms with Crippen LogP contribution in [0, 0.1) is 0 Å². The first-order chi connectivity index (χ1) is 15.9. The molecule has 2 aliphatic rings. The number of rotatable bonds is 10. The van der Waals surface area contributed by atoms with E-state index in [-0.39, 0.29) is 6.10 Å². The molecule has 0 aliphatic carbocycles. The summed E-state index contributed by atoms with van der Waals surface area (Å²) in [6, 6.07) is 33.5. The minimum atomic E-state index is 0.00618. The van der Waals surface area contributed by atoms with E-state index < -0.39 is 0 Å². The fourth-order valence-electron chi connectivity index (χ4n) is 5.44. The van der Waals surface area contributed by atoms with Gasteiger partial charge in [-0.1, -0.05) is 91.0 Å². The highest BCUT2D eigenvalue weighted by Crippen LogP contribution is 2.31. The van der Waals surface area contributed by atoms with E-state index in [1.54, 1.807) is 0 Å². The fraction of sp³-hybridized carbons (Fsp3) is 0.379. The lowest BCUT2D eigenvalue weighted by Crippen LogP contribution is -2.47. The van der Waals surface area contributed by atoms with E-state index in [0.29, 0.717) is 6.04 Å². The third kappa shape index (κ3) is 5.12. The van der Waals surface area contributed by atoms with Gasteiger partial charge in [-0.05, 0) is 42.5 Å². The Morgan fingerprint density at radius 1 is 0.688 bits per heavy atom. The van der Waals surface area contributed by atoms with Crippen molar-refractivity contribution in [1.29, 1.82) is 0 Å². The summed E-state index contributed by atoms with van der Waals surface area (Å²) in [6.07, 6.45) is 3.77. The van der Waals surface area contributed by atoms with Gasteiger partial charge in [0.2, 0.25) is 0 Å². The standard InChI is InChI=1S/C29H34N2O/c1-4-11-24(12-5-1)13-10-18-30-22-28-21-27(30)23-31(28)19-20-32-29(25-14-6-2-7-15-25)26-16-8-3-9-17-26/h1-9,11-12,14-17,27-29H,10,13,18-23H2/t27-,28-/m0/s1. The third-order valence-electron chi connectivity index (χ3n) is 7.09. The van der Waals surface area contributed by atoms with E-state index in [1.165, 1.54) is 55.6 Å². The molecule has 0 unspecified atom stereocenters. The van der Waals surface area contributed by atoms with Gasteiger partial charge in [-0.2, -0.15) is 0 Å². The van der Waals surface area contributed by atoms with Crippen molar-refractivity contribution in [2.45, 2.75) is 37.5 Å². The molecule has 0 N–H and O–H groups in total. The van der Waals surface area contributed by atoms with Crippen LogP contribution in [-0.4, -0.2) is 54.7 Å². The van der Waals surface area contributed by atoms with E-state index in [2.05, 4.69) is 101 Å². The maximum Gasteiger partial charge on any atom is 0.108 e. The molecule has 0 spiro atoms. The van der Waals surface area contributed by atoms with Gasteiger partial charge in [0, 0.05) is 31.7 Å². The Labute approximate surface area is 192 Å². The smallest absolute Gasteiger partial charge is 0.108 e. The summed E-state index contributed by atoms with van der Waals surface area (Å²) in [5.74, 6) is 0. The molecule has 0 saturated carbocycles. The summed E-state index contributed by atoms with van der Waals surface area (Å²) >= 11 is 0. The molecule has 2 bridgehead atoms. The zero-order valence-corrected chi connectivity index (χ0v) is 18.9. The molecule has 0 aromatic heterocycles. The Morgan fingerprint density at radius 3 is 1.78 bits per heavy atom. The van der Waals surface area contributed by atoms with Gasteiger partial charge in [-0.25, -0.2) is 0 Å². The summed E-state index contributed by atoms with van der Waals surface area (Å²) in [5, 5.41) is 0. The summed E-state index contributed by atoms with van der Waals surface area (Å²) < 4.78 is 6.47. The highest BCUT2D eigenvalue weighted by Gasteiger charge is 2.42. The fourth-order valence-corrected chi connectivity index (χ4v) is 5.44. The van der Waals surface area contributed by atoms with Crippen LogP contribution in [0.4, 0.5) is 0 Å². The molecule has 0 radical (unpaired) electrons. The minimum Gasteiger partial charge on any atom is -0.367 e. The number of benzene rings is 3. The van der Waals surface area contributed by atoms with Crippen LogP contribution in [0.3, 0.4) is 0 Å². The van der Waals surface area contributed by atoms with Gasteiger partial charge in [0.25, 0.3) is 0 Å². The van der Waals surface area contributed by atoms with Crippen LogP contribution in [0.15, 0.2) is 91.0 Å². The Kier molecular flexibility index (Phi) is 6.98. The van der Waals surface area contributed by atoms with Crippen molar-refractivity contribution in [2.75, 3.05) is 32.8 Å². The van der Waals surface area contributed by atoms with Crippen LogP contribution >= 0.6 is 0 Å². The van der Waals surface area contributed by atoms with Crippen molar-refractivity contribution in [3.05, 3.63) is 108 Å². The molecule has 3 nitrogen and oxygen atoms in total. The topological polar surface area (TPSA) is 15.7 Å². The average Bonchev–Trinajstić information content (AvgIpc) is 3.44. The molecular weight excluding hydrogens is 392 g/mol. The van der Waals surface area contributed by atoms with Crippen molar-refractivity contribution < 1.29 is 4.74 Å². The Hall–Kier alpha value is -2.46. The number of ether oxygens (including phenoxy) is 1. The number of fused-ring (bicyclic) bond motifs is 2. The first-order valence-electron chi connectivity index (χ1n) is 12.1. The van der Waals surface area contributed by atoms with E-state index >= 15 is 0 Å². The lowest BCUT2D eigenvalue weighted by molar-refractivity contribution is 0.0433. The Morgan fingerprint density at radius 2 is 1.22 bits per heavy atom. The summed E-state index contributed by atoms with van der Waals surface area (Å²) in [6.45, 7) is 5.44. The predicted molar refractivity (Wildman–Crippen MR) is 131 cm³/mol. The molecule has 166 valence electrons. The molecular formula is C29H34N2O. The second kappa shape index (κ2) is 10.4. The van der Waals surface area contributed by atoms with Gasteiger partial charge in [-0.3, -0.25) is 9.80 Å². The Bertz CT molecular complexity index is 907. The average molecular weight is 427 g/mol. The summed E-state index contributed by atoms with van der Waals surface area (Å²) in [7, 11) is 0. The second-order valence-corrected chi connectivity index (χ2v) is 9.19. The van der Waals surface area contributed by atoms with Gasteiger partial charge < -0.3 is 4.74 Å². The molecule has 5 rings (SSSR count).